The Morgan fingerprint density at radius 1 is 1.31 bits per heavy atom. The number of nitrogens with one attached hydrogen (secondary N) is 2. The molecule has 2 N–H and O–H groups in total. The number of sulfonamides is 1. The van der Waals surface area contributed by atoms with Crippen molar-refractivity contribution in [2.24, 2.45) is 0 Å². The van der Waals surface area contributed by atoms with Crippen molar-refractivity contribution < 1.29 is 8.42 Å². The van der Waals surface area contributed by atoms with Crippen LogP contribution >= 0.6 is 12.2 Å². The molecule has 0 saturated heterocycles. The van der Waals surface area contributed by atoms with E-state index in [0.29, 0.717) is 6.54 Å². The summed E-state index contributed by atoms with van der Waals surface area (Å²) in [5, 5.41) is 2.93. The van der Waals surface area contributed by atoms with Gasteiger partial charge in [-0.15, -0.1) is 0 Å². The zero-order valence-corrected chi connectivity index (χ0v) is 10.6. The van der Waals surface area contributed by atoms with Crippen LogP contribution in [0.15, 0.2) is 35.2 Å². The van der Waals surface area contributed by atoms with E-state index in [2.05, 4.69) is 10.0 Å². The largest absolute Gasteiger partial charge is 0.362 e. The predicted octanol–water partition coefficient (Wildman–Crippen LogP) is 1.25. The summed E-state index contributed by atoms with van der Waals surface area (Å²) in [6.07, 6.45) is 0.882. The van der Waals surface area contributed by atoms with Crippen molar-refractivity contribution in [1.82, 2.24) is 10.0 Å². The van der Waals surface area contributed by atoms with Crippen LogP contribution in [0.25, 0.3) is 0 Å². The molecule has 0 aromatic heterocycles. The van der Waals surface area contributed by atoms with Crippen LogP contribution in [0, 0.1) is 0 Å². The van der Waals surface area contributed by atoms with Gasteiger partial charge in [-0.3, -0.25) is 4.72 Å². The van der Waals surface area contributed by atoms with Crippen molar-refractivity contribution >= 4 is 27.4 Å². The molecule has 0 aliphatic heterocycles. The predicted molar refractivity (Wildman–Crippen MR) is 67.7 cm³/mol. The summed E-state index contributed by atoms with van der Waals surface area (Å²) >= 11 is 4.87. The van der Waals surface area contributed by atoms with Crippen LogP contribution < -0.4 is 10.0 Å². The maximum atomic E-state index is 11.8. The number of hydrogen-bond donors (Lipinski definition) is 2. The van der Waals surface area contributed by atoms with Crippen LogP contribution in [0.4, 0.5) is 0 Å². The lowest BCUT2D eigenvalue weighted by atomic mass is 10.4. The molecule has 16 heavy (non-hydrogen) atoms. The van der Waals surface area contributed by atoms with Gasteiger partial charge in [0.25, 0.3) is 10.0 Å². The molecule has 0 atom stereocenters. The van der Waals surface area contributed by atoms with Gasteiger partial charge in [0.2, 0.25) is 0 Å². The fraction of sp³-hybridized carbons (Fsp3) is 0.300. The maximum Gasteiger partial charge on any atom is 0.263 e. The van der Waals surface area contributed by atoms with Gasteiger partial charge in [0.05, 0.1) is 4.90 Å². The molecule has 1 aromatic rings. The molecule has 0 aliphatic rings. The van der Waals surface area contributed by atoms with E-state index in [4.69, 9.17) is 12.2 Å². The minimum Gasteiger partial charge on any atom is -0.362 e. The Morgan fingerprint density at radius 2 is 1.94 bits per heavy atom. The van der Waals surface area contributed by atoms with Crippen LogP contribution in [-0.2, 0) is 10.0 Å². The summed E-state index contributed by atoms with van der Waals surface area (Å²) in [5.74, 6) is 0. The van der Waals surface area contributed by atoms with Crippen LogP contribution in [0.3, 0.4) is 0 Å². The number of benzene rings is 1. The first-order chi connectivity index (χ1) is 7.56. The Kier molecular flexibility index (Phi) is 4.70. The van der Waals surface area contributed by atoms with E-state index in [-0.39, 0.29) is 10.0 Å². The van der Waals surface area contributed by atoms with Crippen molar-refractivity contribution in [2.75, 3.05) is 6.54 Å². The highest BCUT2D eigenvalue weighted by molar-refractivity contribution is 7.91. The highest BCUT2D eigenvalue weighted by Gasteiger charge is 2.14. The molecule has 88 valence electrons. The lowest BCUT2D eigenvalue weighted by Crippen LogP contribution is -2.39. The summed E-state index contributed by atoms with van der Waals surface area (Å²) in [6, 6.07) is 8.12. The van der Waals surface area contributed by atoms with Gasteiger partial charge < -0.3 is 5.32 Å². The third kappa shape index (κ3) is 3.79. The second kappa shape index (κ2) is 5.81. The third-order valence-electron chi connectivity index (χ3n) is 1.82. The van der Waals surface area contributed by atoms with E-state index < -0.39 is 10.0 Å². The first-order valence-corrected chi connectivity index (χ1v) is 6.81. The molecule has 4 nitrogen and oxygen atoms in total. The van der Waals surface area contributed by atoms with Crippen molar-refractivity contribution in [2.45, 2.75) is 18.2 Å². The van der Waals surface area contributed by atoms with Gasteiger partial charge in [0.15, 0.2) is 5.11 Å². The quantitative estimate of drug-likeness (QED) is 0.798. The Hall–Kier alpha value is -1.14. The van der Waals surface area contributed by atoms with Crippen molar-refractivity contribution in [3.63, 3.8) is 0 Å². The van der Waals surface area contributed by atoms with Crippen LogP contribution in [0.5, 0.6) is 0 Å². The van der Waals surface area contributed by atoms with Crippen LogP contribution in [0.2, 0.25) is 0 Å². The van der Waals surface area contributed by atoms with Gasteiger partial charge in [-0.1, -0.05) is 25.1 Å². The summed E-state index contributed by atoms with van der Waals surface area (Å²) in [4.78, 5) is 0.204. The Bertz CT molecular complexity index is 443. The van der Waals surface area contributed by atoms with E-state index in [0.717, 1.165) is 6.42 Å². The Balaban J connectivity index is 2.70. The van der Waals surface area contributed by atoms with E-state index in [1.807, 2.05) is 6.92 Å². The highest BCUT2D eigenvalue weighted by Crippen LogP contribution is 2.06. The average Bonchev–Trinajstić information content (AvgIpc) is 2.27. The van der Waals surface area contributed by atoms with Gasteiger partial charge in [0.1, 0.15) is 0 Å². The van der Waals surface area contributed by atoms with Crippen LogP contribution in [0.1, 0.15) is 13.3 Å². The molecule has 1 aromatic carbocycles. The molecule has 6 heteroatoms. The lowest BCUT2D eigenvalue weighted by Gasteiger charge is -2.10. The molecular weight excluding hydrogens is 244 g/mol. The molecule has 0 aliphatic carbocycles. The number of thiocarbonyl (C=S) groups is 1. The van der Waals surface area contributed by atoms with Crippen molar-refractivity contribution in [3.8, 4) is 0 Å². The molecule has 0 radical (unpaired) electrons. The van der Waals surface area contributed by atoms with Gasteiger partial charge in [0, 0.05) is 6.54 Å². The van der Waals surface area contributed by atoms with E-state index >= 15 is 0 Å². The topological polar surface area (TPSA) is 58.2 Å². The molecule has 0 saturated carbocycles. The number of hydrogen-bond acceptors (Lipinski definition) is 3. The van der Waals surface area contributed by atoms with Crippen LogP contribution in [-0.4, -0.2) is 20.1 Å². The smallest absolute Gasteiger partial charge is 0.263 e. The average molecular weight is 258 g/mol. The molecular formula is C10H14N2O2S2. The monoisotopic (exact) mass is 258 g/mol. The van der Waals surface area contributed by atoms with Gasteiger partial charge >= 0.3 is 0 Å². The standard InChI is InChI=1S/C10H14N2O2S2/c1-2-8-11-10(15)12-16(13,14)9-6-4-3-5-7-9/h3-7H,2,8H2,1H3,(H2,11,12,15). The second-order valence-corrected chi connectivity index (χ2v) is 5.27. The minimum absolute atomic E-state index is 0.130. The maximum absolute atomic E-state index is 11.8. The number of rotatable bonds is 4. The van der Waals surface area contributed by atoms with E-state index in [1.54, 1.807) is 18.2 Å². The first kappa shape index (κ1) is 12.9. The zero-order chi connectivity index (χ0) is 12.0. The normalized spacial score (nSPS) is 10.8. The highest BCUT2D eigenvalue weighted by atomic mass is 32.2. The molecule has 0 fully saturated rings. The van der Waals surface area contributed by atoms with Gasteiger partial charge in [-0.2, -0.15) is 0 Å². The third-order valence-corrected chi connectivity index (χ3v) is 3.56. The zero-order valence-electron chi connectivity index (χ0n) is 8.93. The first-order valence-electron chi connectivity index (χ1n) is 4.92. The summed E-state index contributed by atoms with van der Waals surface area (Å²) in [5.41, 5.74) is 0. The fourth-order valence-corrected chi connectivity index (χ4v) is 2.44. The molecule has 0 spiro atoms. The van der Waals surface area contributed by atoms with Crippen molar-refractivity contribution in [3.05, 3.63) is 30.3 Å². The van der Waals surface area contributed by atoms with Gasteiger partial charge in [-0.25, -0.2) is 8.42 Å². The Morgan fingerprint density at radius 3 is 2.50 bits per heavy atom. The summed E-state index contributed by atoms with van der Waals surface area (Å²) < 4.78 is 25.8. The molecule has 1 rings (SSSR count). The SMILES string of the molecule is CCCNC(=S)NS(=O)(=O)c1ccccc1. The Labute approximate surface area is 101 Å². The fourth-order valence-electron chi connectivity index (χ4n) is 1.06. The molecule has 0 heterocycles. The van der Waals surface area contributed by atoms with Crippen molar-refractivity contribution in [1.29, 1.82) is 0 Å². The lowest BCUT2D eigenvalue weighted by molar-refractivity contribution is 0.592. The van der Waals surface area contributed by atoms with Gasteiger partial charge in [-0.05, 0) is 30.8 Å². The summed E-state index contributed by atoms with van der Waals surface area (Å²) in [7, 11) is -3.54. The molecule has 0 amide bonds. The minimum atomic E-state index is -3.54. The summed E-state index contributed by atoms with van der Waals surface area (Å²) in [6.45, 7) is 2.62. The van der Waals surface area contributed by atoms with E-state index in [9.17, 15) is 8.42 Å². The molecule has 0 bridgehead atoms. The molecule has 0 unspecified atom stereocenters. The van der Waals surface area contributed by atoms with E-state index in [1.165, 1.54) is 12.1 Å². The second-order valence-electron chi connectivity index (χ2n) is 3.17.